The molecule has 1 aliphatic heterocycles. The van der Waals surface area contributed by atoms with Crippen LogP contribution in [-0.4, -0.2) is 43.5 Å². The van der Waals surface area contributed by atoms with Gasteiger partial charge in [0.15, 0.2) is 11.5 Å². The maximum absolute atomic E-state index is 12.6. The second-order valence-corrected chi connectivity index (χ2v) is 6.62. The van der Waals surface area contributed by atoms with E-state index in [1.165, 1.54) is 39.3 Å². The average Bonchev–Trinajstić information content (AvgIpc) is 3.07. The van der Waals surface area contributed by atoms with Crippen molar-refractivity contribution in [2.24, 2.45) is 0 Å². The lowest BCUT2D eigenvalue weighted by Crippen LogP contribution is -2.37. The van der Waals surface area contributed by atoms with Gasteiger partial charge in [-0.05, 0) is 25.1 Å². The fraction of sp³-hybridized carbons (Fsp3) is 0.300. The van der Waals surface area contributed by atoms with Gasteiger partial charge in [0.2, 0.25) is 5.91 Å². The van der Waals surface area contributed by atoms with E-state index in [1.54, 1.807) is 23.1 Å². The van der Waals surface area contributed by atoms with E-state index in [0.717, 1.165) is 0 Å². The molecule has 0 radical (unpaired) electrons. The van der Waals surface area contributed by atoms with Crippen molar-refractivity contribution in [2.75, 3.05) is 25.7 Å². The van der Waals surface area contributed by atoms with Crippen molar-refractivity contribution >= 4 is 23.2 Å². The Morgan fingerprint density at radius 1 is 1.21 bits per heavy atom. The zero-order valence-electron chi connectivity index (χ0n) is 16.3. The quantitative estimate of drug-likeness (QED) is 0.590. The number of rotatable bonds is 6. The number of methoxy groups -OCH3 is 2. The van der Waals surface area contributed by atoms with Crippen molar-refractivity contribution < 1.29 is 24.0 Å². The zero-order chi connectivity index (χ0) is 21.1. The van der Waals surface area contributed by atoms with Gasteiger partial charge in [0.05, 0.1) is 25.2 Å². The Bertz CT molecular complexity index is 975. The van der Waals surface area contributed by atoms with Crippen LogP contribution in [0, 0.1) is 17.0 Å². The predicted octanol–water partition coefficient (Wildman–Crippen LogP) is 2.46. The summed E-state index contributed by atoms with van der Waals surface area (Å²) in [5.74, 6) is 0.461. The standard InChI is InChI=1S/C20H21N3O6/c1-12-15(5-4-6-16(12)23(26)27)20(25)21-13-9-19(24)22(11-13)14-7-8-17(28-2)18(10-14)29-3/h4-8,10,13H,9,11H2,1-3H3,(H,21,25). The minimum absolute atomic E-state index is 0.118. The number of hydrogen-bond donors (Lipinski definition) is 1. The van der Waals surface area contributed by atoms with Gasteiger partial charge in [0, 0.05) is 41.9 Å². The number of nitrogens with zero attached hydrogens (tertiary/aromatic N) is 2. The summed E-state index contributed by atoms with van der Waals surface area (Å²) in [4.78, 5) is 37.2. The van der Waals surface area contributed by atoms with Crippen molar-refractivity contribution in [1.82, 2.24) is 5.32 Å². The number of nitro groups is 1. The van der Waals surface area contributed by atoms with Crippen molar-refractivity contribution in [3.8, 4) is 11.5 Å². The molecule has 1 aliphatic rings. The summed E-state index contributed by atoms with van der Waals surface area (Å²) < 4.78 is 10.5. The van der Waals surface area contributed by atoms with Crippen LogP contribution in [0.3, 0.4) is 0 Å². The lowest BCUT2D eigenvalue weighted by Gasteiger charge is -2.19. The fourth-order valence-corrected chi connectivity index (χ4v) is 3.38. The Kier molecular flexibility index (Phi) is 5.67. The van der Waals surface area contributed by atoms with Crippen LogP contribution in [0.4, 0.5) is 11.4 Å². The van der Waals surface area contributed by atoms with Gasteiger partial charge in [0.1, 0.15) is 0 Å². The Morgan fingerprint density at radius 3 is 2.59 bits per heavy atom. The molecule has 2 aromatic rings. The third-order valence-electron chi connectivity index (χ3n) is 4.89. The summed E-state index contributed by atoms with van der Waals surface area (Å²) in [6.45, 7) is 1.82. The molecule has 0 aromatic heterocycles. The highest BCUT2D eigenvalue weighted by molar-refractivity contribution is 6.00. The molecule has 152 valence electrons. The largest absolute Gasteiger partial charge is 0.493 e. The molecule has 1 atom stereocenters. The molecule has 0 saturated carbocycles. The molecule has 1 fully saturated rings. The monoisotopic (exact) mass is 399 g/mol. The lowest BCUT2D eigenvalue weighted by molar-refractivity contribution is -0.385. The summed E-state index contributed by atoms with van der Waals surface area (Å²) in [6, 6.07) is 9.08. The van der Waals surface area contributed by atoms with Crippen LogP contribution < -0.4 is 19.7 Å². The Balaban J connectivity index is 1.75. The van der Waals surface area contributed by atoms with Crippen molar-refractivity contribution in [1.29, 1.82) is 0 Å². The molecule has 2 aromatic carbocycles. The van der Waals surface area contributed by atoms with Gasteiger partial charge in [-0.2, -0.15) is 0 Å². The number of nitro benzene ring substituents is 1. The smallest absolute Gasteiger partial charge is 0.273 e. The highest BCUT2D eigenvalue weighted by Gasteiger charge is 2.32. The van der Waals surface area contributed by atoms with E-state index in [2.05, 4.69) is 5.32 Å². The number of carbonyl (C=O) groups excluding carboxylic acids is 2. The average molecular weight is 399 g/mol. The number of nitrogens with one attached hydrogen (secondary N) is 1. The molecule has 0 aliphatic carbocycles. The molecule has 1 unspecified atom stereocenters. The second-order valence-electron chi connectivity index (χ2n) is 6.62. The van der Waals surface area contributed by atoms with E-state index in [9.17, 15) is 19.7 Å². The van der Waals surface area contributed by atoms with E-state index in [4.69, 9.17) is 9.47 Å². The first-order chi connectivity index (χ1) is 13.8. The molecule has 0 bridgehead atoms. The zero-order valence-corrected chi connectivity index (χ0v) is 16.3. The number of benzene rings is 2. The lowest BCUT2D eigenvalue weighted by atomic mass is 10.1. The topological polar surface area (TPSA) is 111 Å². The summed E-state index contributed by atoms with van der Waals surface area (Å²) >= 11 is 0. The van der Waals surface area contributed by atoms with Gasteiger partial charge in [-0.1, -0.05) is 6.07 Å². The van der Waals surface area contributed by atoms with E-state index >= 15 is 0 Å². The van der Waals surface area contributed by atoms with Crippen molar-refractivity contribution in [3.05, 3.63) is 57.6 Å². The van der Waals surface area contributed by atoms with E-state index < -0.39 is 16.9 Å². The SMILES string of the molecule is COc1ccc(N2CC(NC(=O)c3cccc([N+](=O)[O-])c3C)CC2=O)cc1OC. The summed E-state index contributed by atoms with van der Waals surface area (Å²) in [7, 11) is 3.04. The maximum Gasteiger partial charge on any atom is 0.273 e. The molecule has 9 nitrogen and oxygen atoms in total. The van der Waals surface area contributed by atoms with Crippen LogP contribution in [0.25, 0.3) is 0 Å². The first kappa shape index (κ1) is 20.1. The van der Waals surface area contributed by atoms with E-state index in [0.29, 0.717) is 17.2 Å². The number of anilines is 1. The first-order valence-corrected chi connectivity index (χ1v) is 8.93. The van der Waals surface area contributed by atoms with Gasteiger partial charge in [-0.15, -0.1) is 0 Å². The maximum atomic E-state index is 12.6. The Hall–Kier alpha value is -3.62. The first-order valence-electron chi connectivity index (χ1n) is 8.93. The number of ether oxygens (including phenoxy) is 2. The van der Waals surface area contributed by atoms with Gasteiger partial charge in [-0.3, -0.25) is 19.7 Å². The van der Waals surface area contributed by atoms with Crippen LogP contribution >= 0.6 is 0 Å². The number of hydrogen-bond acceptors (Lipinski definition) is 6. The molecule has 29 heavy (non-hydrogen) atoms. The third kappa shape index (κ3) is 3.98. The second kappa shape index (κ2) is 8.17. The highest BCUT2D eigenvalue weighted by Crippen LogP contribution is 2.33. The van der Waals surface area contributed by atoms with Crippen molar-refractivity contribution in [3.63, 3.8) is 0 Å². The van der Waals surface area contributed by atoms with Gasteiger partial charge in [0.25, 0.3) is 11.6 Å². The predicted molar refractivity (Wildman–Crippen MR) is 106 cm³/mol. The minimum Gasteiger partial charge on any atom is -0.493 e. The van der Waals surface area contributed by atoms with Gasteiger partial charge >= 0.3 is 0 Å². The third-order valence-corrected chi connectivity index (χ3v) is 4.89. The van der Waals surface area contributed by atoms with Crippen LogP contribution in [0.5, 0.6) is 11.5 Å². The molecule has 9 heteroatoms. The van der Waals surface area contributed by atoms with Crippen LogP contribution in [0.1, 0.15) is 22.3 Å². The minimum atomic E-state index is -0.524. The fourth-order valence-electron chi connectivity index (χ4n) is 3.38. The molecule has 3 rings (SSSR count). The molecule has 2 amide bonds. The normalized spacial score (nSPS) is 15.9. The molecular formula is C20H21N3O6. The number of carbonyl (C=O) groups is 2. The Morgan fingerprint density at radius 2 is 1.93 bits per heavy atom. The number of amides is 2. The molecule has 0 spiro atoms. The summed E-state index contributed by atoms with van der Waals surface area (Å²) in [6.07, 6.45) is 0.133. The van der Waals surface area contributed by atoms with E-state index in [1.807, 2.05) is 0 Å². The van der Waals surface area contributed by atoms with Crippen molar-refractivity contribution in [2.45, 2.75) is 19.4 Å². The molecule has 1 saturated heterocycles. The Labute approximate surface area is 167 Å². The van der Waals surface area contributed by atoms with Gasteiger partial charge < -0.3 is 19.7 Å². The molecule has 1 N–H and O–H groups in total. The summed E-state index contributed by atoms with van der Waals surface area (Å²) in [5.41, 5.74) is 1.02. The van der Waals surface area contributed by atoms with Crippen LogP contribution in [0.2, 0.25) is 0 Å². The van der Waals surface area contributed by atoms with Gasteiger partial charge in [-0.25, -0.2) is 0 Å². The van der Waals surface area contributed by atoms with Crippen LogP contribution in [0.15, 0.2) is 36.4 Å². The van der Waals surface area contributed by atoms with Crippen LogP contribution in [-0.2, 0) is 4.79 Å². The molecular weight excluding hydrogens is 378 g/mol. The van der Waals surface area contributed by atoms with E-state index in [-0.39, 0.29) is 35.7 Å². The molecule has 1 heterocycles. The summed E-state index contributed by atoms with van der Waals surface area (Å²) in [5, 5.41) is 13.9. The highest BCUT2D eigenvalue weighted by atomic mass is 16.6.